The predicted octanol–water partition coefficient (Wildman–Crippen LogP) is 2.34. The molecule has 0 fully saturated rings. The third-order valence-electron chi connectivity index (χ3n) is 2.26. The summed E-state index contributed by atoms with van der Waals surface area (Å²) in [7, 11) is 0. The van der Waals surface area contributed by atoms with Crippen molar-refractivity contribution >= 4 is 5.97 Å². The van der Waals surface area contributed by atoms with Crippen LogP contribution in [0, 0.1) is 0 Å². The van der Waals surface area contributed by atoms with E-state index < -0.39 is 5.97 Å². The normalized spacial score (nSPS) is 12.1. The zero-order chi connectivity index (χ0) is 12.5. The molecule has 0 spiro atoms. The van der Waals surface area contributed by atoms with E-state index in [-0.39, 0.29) is 12.5 Å². The highest BCUT2D eigenvalue weighted by molar-refractivity contribution is 5.66. The molecule has 0 heterocycles. The summed E-state index contributed by atoms with van der Waals surface area (Å²) in [6, 6.07) is 9.51. The number of rotatable bonds is 8. The summed E-state index contributed by atoms with van der Waals surface area (Å²) < 4.78 is 10.9. The molecule has 0 radical (unpaired) electrons. The number of ether oxygens (including phenoxy) is 2. The molecule has 17 heavy (non-hydrogen) atoms. The van der Waals surface area contributed by atoms with Crippen molar-refractivity contribution in [3.05, 3.63) is 30.3 Å². The minimum Gasteiger partial charge on any atom is -0.491 e. The van der Waals surface area contributed by atoms with Crippen LogP contribution in [0.15, 0.2) is 30.3 Å². The first kappa shape index (κ1) is 13.5. The second kappa shape index (κ2) is 7.68. The Morgan fingerprint density at radius 3 is 2.65 bits per heavy atom. The van der Waals surface area contributed by atoms with Gasteiger partial charge in [0, 0.05) is 6.42 Å². The number of hydrogen-bond donors (Lipinski definition) is 1. The first-order valence-electron chi connectivity index (χ1n) is 5.69. The molecule has 4 heteroatoms. The molecule has 0 amide bonds. The van der Waals surface area contributed by atoms with Gasteiger partial charge in [-0.3, -0.25) is 4.79 Å². The van der Waals surface area contributed by atoms with Crippen LogP contribution in [-0.4, -0.2) is 30.4 Å². The van der Waals surface area contributed by atoms with Crippen LogP contribution in [-0.2, 0) is 9.53 Å². The van der Waals surface area contributed by atoms with E-state index >= 15 is 0 Å². The van der Waals surface area contributed by atoms with Crippen LogP contribution in [0.4, 0.5) is 0 Å². The van der Waals surface area contributed by atoms with Gasteiger partial charge in [0.25, 0.3) is 0 Å². The third-order valence-corrected chi connectivity index (χ3v) is 2.26. The Labute approximate surface area is 101 Å². The van der Waals surface area contributed by atoms with Crippen LogP contribution >= 0.6 is 0 Å². The lowest BCUT2D eigenvalue weighted by Crippen LogP contribution is -2.15. The van der Waals surface area contributed by atoms with E-state index in [0.29, 0.717) is 19.6 Å². The van der Waals surface area contributed by atoms with Crippen LogP contribution in [0.2, 0.25) is 0 Å². The average molecular weight is 238 g/mol. The molecule has 0 bridgehead atoms. The third kappa shape index (κ3) is 6.58. The van der Waals surface area contributed by atoms with E-state index in [1.807, 2.05) is 37.3 Å². The van der Waals surface area contributed by atoms with Gasteiger partial charge in [0.15, 0.2) is 0 Å². The van der Waals surface area contributed by atoms with Gasteiger partial charge in [-0.25, -0.2) is 0 Å². The summed E-state index contributed by atoms with van der Waals surface area (Å²) in [6.45, 7) is 2.81. The Morgan fingerprint density at radius 2 is 2.00 bits per heavy atom. The number of carbonyl (C=O) groups is 1. The first-order valence-corrected chi connectivity index (χ1v) is 5.69. The lowest BCUT2D eigenvalue weighted by Gasteiger charge is -2.12. The molecule has 0 saturated carbocycles. The minimum absolute atomic E-state index is 0.0505. The second-order valence-electron chi connectivity index (χ2n) is 3.78. The number of aliphatic carboxylic acids is 1. The molecule has 4 nitrogen and oxygen atoms in total. The van der Waals surface area contributed by atoms with Gasteiger partial charge in [-0.2, -0.15) is 0 Å². The quantitative estimate of drug-likeness (QED) is 0.706. The molecular formula is C13H18O4. The van der Waals surface area contributed by atoms with Crippen LogP contribution in [0.25, 0.3) is 0 Å². The van der Waals surface area contributed by atoms with E-state index in [1.165, 1.54) is 0 Å². The van der Waals surface area contributed by atoms with Crippen molar-refractivity contribution in [3.8, 4) is 5.75 Å². The Balaban J connectivity index is 2.06. The highest BCUT2D eigenvalue weighted by atomic mass is 16.5. The van der Waals surface area contributed by atoms with Gasteiger partial charge in [-0.05, 0) is 25.5 Å². The van der Waals surface area contributed by atoms with Gasteiger partial charge in [0.05, 0.1) is 12.7 Å². The number of hydrogen-bond acceptors (Lipinski definition) is 3. The van der Waals surface area contributed by atoms with Gasteiger partial charge in [0.2, 0.25) is 0 Å². The van der Waals surface area contributed by atoms with E-state index in [4.69, 9.17) is 14.6 Å². The van der Waals surface area contributed by atoms with Crippen LogP contribution in [0.3, 0.4) is 0 Å². The summed E-state index contributed by atoms with van der Waals surface area (Å²) in [5.41, 5.74) is 0. The summed E-state index contributed by atoms with van der Waals surface area (Å²) in [5.74, 6) is 0.0234. The summed E-state index contributed by atoms with van der Waals surface area (Å²) >= 11 is 0. The minimum atomic E-state index is -0.791. The van der Waals surface area contributed by atoms with Crippen molar-refractivity contribution in [2.45, 2.75) is 25.9 Å². The lowest BCUT2D eigenvalue weighted by molar-refractivity contribution is -0.137. The lowest BCUT2D eigenvalue weighted by atomic mass is 10.2. The van der Waals surface area contributed by atoms with Gasteiger partial charge < -0.3 is 14.6 Å². The Kier molecular flexibility index (Phi) is 6.10. The van der Waals surface area contributed by atoms with Crippen molar-refractivity contribution in [2.24, 2.45) is 0 Å². The fourth-order valence-electron chi connectivity index (χ4n) is 1.34. The first-order chi connectivity index (χ1) is 8.18. The van der Waals surface area contributed by atoms with Crippen molar-refractivity contribution < 1.29 is 19.4 Å². The largest absolute Gasteiger partial charge is 0.491 e. The Bertz CT molecular complexity index is 323. The zero-order valence-corrected chi connectivity index (χ0v) is 9.96. The number of benzene rings is 1. The van der Waals surface area contributed by atoms with Crippen LogP contribution in [0.1, 0.15) is 19.8 Å². The number of carboxylic acid groups (broad SMARTS) is 1. The Morgan fingerprint density at radius 1 is 1.29 bits per heavy atom. The molecule has 0 saturated heterocycles. The molecule has 1 aromatic carbocycles. The molecule has 1 N–H and O–H groups in total. The topological polar surface area (TPSA) is 55.8 Å². The highest BCUT2D eigenvalue weighted by Crippen LogP contribution is 2.08. The van der Waals surface area contributed by atoms with Gasteiger partial charge in [-0.1, -0.05) is 18.2 Å². The van der Waals surface area contributed by atoms with Crippen LogP contribution < -0.4 is 4.74 Å². The Hall–Kier alpha value is -1.55. The van der Waals surface area contributed by atoms with E-state index in [9.17, 15) is 4.79 Å². The fourth-order valence-corrected chi connectivity index (χ4v) is 1.34. The highest BCUT2D eigenvalue weighted by Gasteiger charge is 2.05. The van der Waals surface area contributed by atoms with Gasteiger partial charge in [0.1, 0.15) is 12.4 Å². The molecule has 1 atom stereocenters. The summed E-state index contributed by atoms with van der Waals surface area (Å²) in [4.78, 5) is 10.3. The van der Waals surface area contributed by atoms with Crippen molar-refractivity contribution in [2.75, 3.05) is 13.2 Å². The standard InChI is InChI=1S/C13H18O4/c1-11(7-8-13(14)15)16-9-10-17-12-5-3-2-4-6-12/h2-6,11H,7-10H2,1H3,(H,14,15). The van der Waals surface area contributed by atoms with Gasteiger partial charge >= 0.3 is 5.97 Å². The SMILES string of the molecule is CC(CCC(=O)O)OCCOc1ccccc1. The van der Waals surface area contributed by atoms with Crippen molar-refractivity contribution in [1.29, 1.82) is 0 Å². The maximum absolute atomic E-state index is 10.3. The maximum Gasteiger partial charge on any atom is 0.303 e. The van der Waals surface area contributed by atoms with E-state index in [1.54, 1.807) is 0 Å². The number of carboxylic acids is 1. The predicted molar refractivity (Wildman–Crippen MR) is 64.2 cm³/mol. The average Bonchev–Trinajstić information content (AvgIpc) is 2.33. The fraction of sp³-hybridized carbons (Fsp3) is 0.462. The molecule has 1 aromatic rings. The molecule has 94 valence electrons. The molecule has 1 unspecified atom stereocenters. The molecule has 1 rings (SSSR count). The van der Waals surface area contributed by atoms with Crippen LogP contribution in [0.5, 0.6) is 5.75 Å². The van der Waals surface area contributed by atoms with E-state index in [0.717, 1.165) is 5.75 Å². The molecular weight excluding hydrogens is 220 g/mol. The van der Waals surface area contributed by atoms with Crippen molar-refractivity contribution in [3.63, 3.8) is 0 Å². The molecule has 0 aromatic heterocycles. The second-order valence-corrected chi connectivity index (χ2v) is 3.78. The molecule has 0 aliphatic carbocycles. The molecule has 0 aliphatic heterocycles. The summed E-state index contributed by atoms with van der Waals surface area (Å²) in [6.07, 6.45) is 0.618. The van der Waals surface area contributed by atoms with E-state index in [2.05, 4.69) is 0 Å². The van der Waals surface area contributed by atoms with Gasteiger partial charge in [-0.15, -0.1) is 0 Å². The summed E-state index contributed by atoms with van der Waals surface area (Å²) in [5, 5.41) is 8.50. The number of para-hydroxylation sites is 1. The molecule has 0 aliphatic rings. The maximum atomic E-state index is 10.3. The van der Waals surface area contributed by atoms with Crippen molar-refractivity contribution in [1.82, 2.24) is 0 Å². The monoisotopic (exact) mass is 238 g/mol. The smallest absolute Gasteiger partial charge is 0.303 e. The zero-order valence-electron chi connectivity index (χ0n) is 9.96.